The molecule has 1 N–H and O–H groups in total. The molecule has 0 saturated carbocycles. The number of benzene rings is 2. The first-order valence-electron chi connectivity index (χ1n) is 6.67. The molecule has 2 nitrogen and oxygen atoms in total. The van der Waals surface area contributed by atoms with E-state index in [0.29, 0.717) is 5.75 Å². The van der Waals surface area contributed by atoms with Crippen LogP contribution in [0.3, 0.4) is 0 Å². The second-order valence-corrected chi connectivity index (χ2v) is 6.42. The molecule has 1 atom stereocenters. The van der Waals surface area contributed by atoms with Gasteiger partial charge in [-0.25, -0.2) is 4.39 Å². The van der Waals surface area contributed by atoms with Crippen LogP contribution in [0, 0.1) is 5.82 Å². The summed E-state index contributed by atoms with van der Waals surface area (Å²) in [5, 5.41) is 3.25. The summed E-state index contributed by atoms with van der Waals surface area (Å²) in [5.41, 5.74) is 0.900. The monoisotopic (exact) mass is 415 g/mol. The second kappa shape index (κ2) is 7.38. The lowest BCUT2D eigenvalue weighted by Crippen LogP contribution is -2.17. The summed E-state index contributed by atoms with van der Waals surface area (Å²) in [4.78, 5) is 0. The molecule has 0 aliphatic rings. The molecule has 0 bridgehead atoms. The lowest BCUT2D eigenvalue weighted by Gasteiger charge is -2.14. The Morgan fingerprint density at radius 3 is 2.48 bits per heavy atom. The van der Waals surface area contributed by atoms with Gasteiger partial charge in [0.05, 0.1) is 4.47 Å². The maximum absolute atomic E-state index is 14.2. The van der Waals surface area contributed by atoms with Gasteiger partial charge in [-0.3, -0.25) is 0 Å². The van der Waals surface area contributed by atoms with Gasteiger partial charge in [-0.15, -0.1) is 0 Å². The molecule has 2 rings (SSSR count). The lowest BCUT2D eigenvalue weighted by molar-refractivity contribution is 0.438. The second-order valence-electron chi connectivity index (χ2n) is 4.65. The van der Waals surface area contributed by atoms with Crippen LogP contribution in [0.5, 0.6) is 11.5 Å². The summed E-state index contributed by atoms with van der Waals surface area (Å²) in [5.74, 6) is 0.419. The van der Waals surface area contributed by atoms with Crippen LogP contribution in [-0.2, 0) is 0 Å². The maximum Gasteiger partial charge on any atom is 0.166 e. The van der Waals surface area contributed by atoms with Crippen molar-refractivity contribution in [2.75, 3.05) is 6.54 Å². The van der Waals surface area contributed by atoms with E-state index in [-0.39, 0.29) is 17.6 Å². The largest absolute Gasteiger partial charge is 0.453 e. The Hall–Kier alpha value is -0.910. The third-order valence-electron chi connectivity index (χ3n) is 3.08. The van der Waals surface area contributed by atoms with Crippen molar-refractivity contribution in [2.24, 2.45) is 0 Å². The first-order chi connectivity index (χ1) is 10.0. The van der Waals surface area contributed by atoms with Crippen molar-refractivity contribution < 1.29 is 9.13 Å². The number of rotatable bonds is 5. The zero-order valence-corrected chi connectivity index (χ0v) is 15.0. The quantitative estimate of drug-likeness (QED) is 0.663. The van der Waals surface area contributed by atoms with Crippen LogP contribution in [0.1, 0.15) is 25.5 Å². The fraction of sp³-hybridized carbons (Fsp3) is 0.250. The summed E-state index contributed by atoms with van der Waals surface area (Å²) in [7, 11) is 0. The Balaban J connectivity index is 2.21. The molecule has 0 amide bonds. The average Bonchev–Trinajstić information content (AvgIpc) is 2.44. The Bertz CT molecular complexity index is 634. The van der Waals surface area contributed by atoms with Crippen molar-refractivity contribution in [3.63, 3.8) is 0 Å². The van der Waals surface area contributed by atoms with Gasteiger partial charge in [0.15, 0.2) is 11.6 Å². The molecular weight excluding hydrogens is 401 g/mol. The highest BCUT2D eigenvalue weighted by Gasteiger charge is 2.11. The van der Waals surface area contributed by atoms with Gasteiger partial charge in [0.2, 0.25) is 0 Å². The topological polar surface area (TPSA) is 21.3 Å². The van der Waals surface area contributed by atoms with E-state index in [1.54, 1.807) is 12.1 Å². The van der Waals surface area contributed by atoms with Crippen molar-refractivity contribution >= 4 is 31.9 Å². The molecule has 0 heterocycles. The van der Waals surface area contributed by atoms with E-state index in [2.05, 4.69) is 37.2 Å². The van der Waals surface area contributed by atoms with E-state index in [9.17, 15) is 4.39 Å². The molecule has 2 aromatic rings. The minimum absolute atomic E-state index is 0.109. The standard InChI is InChI=1S/C16H16Br2FNO/c1-3-20-10(2)11-4-6-16(14(19)8-11)21-15-7-5-12(17)9-13(15)18/h4-10,20H,3H2,1-2H3. The molecule has 21 heavy (non-hydrogen) atoms. The predicted octanol–water partition coefficient (Wildman–Crippen LogP) is 5.81. The van der Waals surface area contributed by atoms with Crippen LogP contribution in [0.25, 0.3) is 0 Å². The number of hydrogen-bond acceptors (Lipinski definition) is 2. The van der Waals surface area contributed by atoms with Crippen LogP contribution in [0.2, 0.25) is 0 Å². The Morgan fingerprint density at radius 1 is 1.14 bits per heavy atom. The van der Waals surface area contributed by atoms with Crippen molar-refractivity contribution in [1.82, 2.24) is 5.32 Å². The van der Waals surface area contributed by atoms with Gasteiger partial charge >= 0.3 is 0 Å². The third-order valence-corrected chi connectivity index (χ3v) is 4.19. The van der Waals surface area contributed by atoms with Gasteiger partial charge in [-0.05, 0) is 65.3 Å². The molecule has 5 heteroatoms. The summed E-state index contributed by atoms with van der Waals surface area (Å²) >= 11 is 6.77. The molecule has 112 valence electrons. The Labute approximate surface area is 141 Å². The number of nitrogens with one attached hydrogen (secondary N) is 1. The van der Waals surface area contributed by atoms with Crippen LogP contribution in [0.4, 0.5) is 4.39 Å². The van der Waals surface area contributed by atoms with Gasteiger partial charge in [-0.1, -0.05) is 28.9 Å². The van der Waals surface area contributed by atoms with Gasteiger partial charge in [-0.2, -0.15) is 0 Å². The molecule has 0 aliphatic carbocycles. The van der Waals surface area contributed by atoms with Gasteiger partial charge in [0, 0.05) is 10.5 Å². The summed E-state index contributed by atoms with van der Waals surface area (Å²) in [6, 6.07) is 10.6. The zero-order chi connectivity index (χ0) is 15.4. The normalized spacial score (nSPS) is 12.2. The van der Waals surface area contributed by atoms with Crippen LogP contribution in [0.15, 0.2) is 45.3 Å². The Kier molecular flexibility index (Phi) is 5.79. The van der Waals surface area contributed by atoms with E-state index in [4.69, 9.17) is 4.74 Å². The molecule has 0 fully saturated rings. The Morgan fingerprint density at radius 2 is 1.86 bits per heavy atom. The van der Waals surface area contributed by atoms with E-state index >= 15 is 0 Å². The summed E-state index contributed by atoms with van der Waals surface area (Å²) in [6.07, 6.45) is 0. The third kappa shape index (κ3) is 4.28. The minimum atomic E-state index is -0.368. The van der Waals surface area contributed by atoms with E-state index in [0.717, 1.165) is 21.1 Å². The molecular formula is C16H16Br2FNO. The van der Waals surface area contributed by atoms with Gasteiger partial charge in [0.25, 0.3) is 0 Å². The predicted molar refractivity (Wildman–Crippen MR) is 90.4 cm³/mol. The van der Waals surface area contributed by atoms with Crippen molar-refractivity contribution in [2.45, 2.75) is 19.9 Å². The number of halogens is 3. The molecule has 1 unspecified atom stereocenters. The smallest absolute Gasteiger partial charge is 0.166 e. The first-order valence-corrected chi connectivity index (χ1v) is 8.25. The fourth-order valence-corrected chi connectivity index (χ4v) is 3.10. The highest BCUT2D eigenvalue weighted by molar-refractivity contribution is 9.11. The van der Waals surface area contributed by atoms with E-state index in [1.807, 2.05) is 32.0 Å². The average molecular weight is 417 g/mol. The highest BCUT2D eigenvalue weighted by Crippen LogP contribution is 2.33. The first kappa shape index (κ1) is 16.5. The van der Waals surface area contributed by atoms with Gasteiger partial charge < -0.3 is 10.1 Å². The molecule has 0 aliphatic heterocycles. The van der Waals surface area contributed by atoms with Crippen molar-refractivity contribution in [3.8, 4) is 11.5 Å². The summed E-state index contributed by atoms with van der Waals surface area (Å²) in [6.45, 7) is 4.87. The minimum Gasteiger partial charge on any atom is -0.453 e. The van der Waals surface area contributed by atoms with E-state index < -0.39 is 0 Å². The molecule has 0 aromatic heterocycles. The molecule has 0 saturated heterocycles. The van der Waals surface area contributed by atoms with Crippen molar-refractivity contribution in [3.05, 3.63) is 56.7 Å². The number of hydrogen-bond donors (Lipinski definition) is 1. The maximum atomic E-state index is 14.2. The molecule has 0 radical (unpaired) electrons. The SMILES string of the molecule is CCNC(C)c1ccc(Oc2ccc(Br)cc2Br)c(F)c1. The van der Waals surface area contributed by atoms with Gasteiger partial charge in [0.1, 0.15) is 5.75 Å². The highest BCUT2D eigenvalue weighted by atomic mass is 79.9. The summed E-state index contributed by atoms with van der Waals surface area (Å²) < 4.78 is 21.5. The fourth-order valence-electron chi connectivity index (χ4n) is 1.97. The van der Waals surface area contributed by atoms with Crippen LogP contribution < -0.4 is 10.1 Å². The molecule has 0 spiro atoms. The van der Waals surface area contributed by atoms with Crippen LogP contribution >= 0.6 is 31.9 Å². The molecule has 2 aromatic carbocycles. The zero-order valence-electron chi connectivity index (χ0n) is 11.8. The number of ether oxygens (including phenoxy) is 1. The van der Waals surface area contributed by atoms with E-state index in [1.165, 1.54) is 6.07 Å². The lowest BCUT2D eigenvalue weighted by atomic mass is 10.1. The van der Waals surface area contributed by atoms with Crippen LogP contribution in [-0.4, -0.2) is 6.54 Å². The van der Waals surface area contributed by atoms with Crippen molar-refractivity contribution in [1.29, 1.82) is 0 Å².